The standard InChI is InChI=1S/C13H15N3O2/c1-10-13(16(17)18)11(2)15(14-10)9-8-12-6-4-3-5-7-12/h3-7H,8-9H2,1-2H3. The van der Waals surface area contributed by atoms with Crippen LogP contribution in [0.4, 0.5) is 5.69 Å². The van der Waals surface area contributed by atoms with Crippen LogP contribution < -0.4 is 0 Å². The van der Waals surface area contributed by atoms with Crippen LogP contribution in [-0.4, -0.2) is 14.7 Å². The van der Waals surface area contributed by atoms with E-state index in [0.29, 0.717) is 17.9 Å². The number of aryl methyl sites for hydroxylation is 3. The molecule has 0 amide bonds. The van der Waals surface area contributed by atoms with Crippen LogP contribution in [0.2, 0.25) is 0 Å². The van der Waals surface area contributed by atoms with Crippen molar-refractivity contribution in [3.8, 4) is 0 Å². The van der Waals surface area contributed by atoms with Crippen molar-refractivity contribution in [3.05, 3.63) is 57.4 Å². The minimum absolute atomic E-state index is 0.128. The Morgan fingerprint density at radius 1 is 1.28 bits per heavy atom. The lowest BCUT2D eigenvalue weighted by molar-refractivity contribution is -0.386. The molecule has 0 saturated heterocycles. The molecule has 94 valence electrons. The van der Waals surface area contributed by atoms with Crippen molar-refractivity contribution in [2.75, 3.05) is 0 Å². The predicted molar refractivity (Wildman–Crippen MR) is 68.5 cm³/mol. The molecule has 0 aliphatic heterocycles. The van der Waals surface area contributed by atoms with Crippen molar-refractivity contribution >= 4 is 5.69 Å². The Bertz CT molecular complexity index is 561. The molecule has 0 atom stereocenters. The highest BCUT2D eigenvalue weighted by atomic mass is 16.6. The third-order valence-corrected chi connectivity index (χ3v) is 2.98. The summed E-state index contributed by atoms with van der Waals surface area (Å²) in [5.41, 5.74) is 2.43. The Kier molecular flexibility index (Phi) is 3.41. The second-order valence-corrected chi connectivity index (χ2v) is 4.24. The summed E-state index contributed by atoms with van der Waals surface area (Å²) >= 11 is 0. The zero-order chi connectivity index (χ0) is 13.1. The minimum atomic E-state index is -0.364. The number of nitro groups is 1. The average Bonchev–Trinajstić information content (AvgIpc) is 2.63. The number of rotatable bonds is 4. The lowest BCUT2D eigenvalue weighted by Gasteiger charge is -2.03. The van der Waals surface area contributed by atoms with Gasteiger partial charge in [-0.2, -0.15) is 5.10 Å². The topological polar surface area (TPSA) is 61.0 Å². The summed E-state index contributed by atoms with van der Waals surface area (Å²) < 4.78 is 1.71. The molecule has 0 N–H and O–H groups in total. The molecule has 0 saturated carbocycles. The van der Waals surface area contributed by atoms with Crippen LogP contribution in [0, 0.1) is 24.0 Å². The van der Waals surface area contributed by atoms with Gasteiger partial charge in [0.25, 0.3) is 0 Å². The molecule has 0 aliphatic carbocycles. The van der Waals surface area contributed by atoms with E-state index in [9.17, 15) is 10.1 Å². The van der Waals surface area contributed by atoms with Gasteiger partial charge in [-0.05, 0) is 25.8 Å². The van der Waals surface area contributed by atoms with Crippen molar-refractivity contribution < 1.29 is 4.92 Å². The van der Waals surface area contributed by atoms with Crippen LogP contribution in [0.5, 0.6) is 0 Å². The zero-order valence-corrected chi connectivity index (χ0v) is 10.5. The maximum atomic E-state index is 10.9. The number of hydrogen-bond donors (Lipinski definition) is 0. The first-order chi connectivity index (χ1) is 8.59. The van der Waals surface area contributed by atoms with Crippen LogP contribution >= 0.6 is 0 Å². The van der Waals surface area contributed by atoms with Gasteiger partial charge in [0.15, 0.2) is 0 Å². The molecule has 0 bridgehead atoms. The smallest absolute Gasteiger partial charge is 0.262 e. The maximum absolute atomic E-state index is 10.9. The average molecular weight is 245 g/mol. The Hall–Kier alpha value is -2.17. The number of aromatic nitrogens is 2. The second-order valence-electron chi connectivity index (χ2n) is 4.24. The summed E-state index contributed by atoms with van der Waals surface area (Å²) in [4.78, 5) is 10.5. The van der Waals surface area contributed by atoms with Gasteiger partial charge in [0, 0.05) is 6.54 Å². The van der Waals surface area contributed by atoms with E-state index >= 15 is 0 Å². The molecule has 2 rings (SSSR count). The second kappa shape index (κ2) is 5.00. The summed E-state index contributed by atoms with van der Waals surface area (Å²) in [5, 5.41) is 15.1. The van der Waals surface area contributed by atoms with Gasteiger partial charge >= 0.3 is 5.69 Å². The zero-order valence-electron chi connectivity index (χ0n) is 10.5. The summed E-state index contributed by atoms with van der Waals surface area (Å²) in [6.07, 6.45) is 0.819. The molecule has 0 radical (unpaired) electrons. The fourth-order valence-corrected chi connectivity index (χ4v) is 2.05. The fraction of sp³-hybridized carbons (Fsp3) is 0.308. The van der Waals surface area contributed by atoms with E-state index < -0.39 is 0 Å². The molecule has 0 unspecified atom stereocenters. The number of benzene rings is 1. The van der Waals surface area contributed by atoms with Gasteiger partial charge in [0.2, 0.25) is 0 Å². The Morgan fingerprint density at radius 2 is 1.94 bits per heavy atom. The molecule has 1 heterocycles. The first-order valence-electron chi connectivity index (χ1n) is 5.82. The van der Waals surface area contributed by atoms with Crippen molar-refractivity contribution in [1.82, 2.24) is 9.78 Å². The molecule has 0 spiro atoms. The van der Waals surface area contributed by atoms with Crippen molar-refractivity contribution in [2.45, 2.75) is 26.8 Å². The Labute approximate surface area is 105 Å². The largest absolute Gasteiger partial charge is 0.312 e. The van der Waals surface area contributed by atoms with E-state index in [0.717, 1.165) is 6.42 Å². The van der Waals surface area contributed by atoms with Crippen LogP contribution in [0.25, 0.3) is 0 Å². The van der Waals surface area contributed by atoms with E-state index in [-0.39, 0.29) is 10.6 Å². The molecular weight excluding hydrogens is 230 g/mol. The minimum Gasteiger partial charge on any atom is -0.262 e. The van der Waals surface area contributed by atoms with Crippen molar-refractivity contribution in [1.29, 1.82) is 0 Å². The highest BCUT2D eigenvalue weighted by Crippen LogP contribution is 2.21. The molecule has 18 heavy (non-hydrogen) atoms. The lowest BCUT2D eigenvalue weighted by Crippen LogP contribution is -2.05. The molecule has 1 aromatic heterocycles. The van der Waals surface area contributed by atoms with E-state index in [1.807, 2.05) is 30.3 Å². The normalized spacial score (nSPS) is 10.6. The molecule has 5 nitrogen and oxygen atoms in total. The van der Waals surface area contributed by atoms with Crippen LogP contribution in [0.3, 0.4) is 0 Å². The van der Waals surface area contributed by atoms with Crippen molar-refractivity contribution in [2.24, 2.45) is 0 Å². The highest BCUT2D eigenvalue weighted by Gasteiger charge is 2.21. The first kappa shape index (κ1) is 12.3. The summed E-state index contributed by atoms with van der Waals surface area (Å²) in [6.45, 7) is 4.07. The van der Waals surface area contributed by atoms with E-state index in [2.05, 4.69) is 5.10 Å². The van der Waals surface area contributed by atoms with E-state index in [1.165, 1.54) is 5.56 Å². The van der Waals surface area contributed by atoms with Gasteiger partial charge in [-0.1, -0.05) is 30.3 Å². The Balaban J connectivity index is 2.16. The van der Waals surface area contributed by atoms with E-state index in [1.54, 1.807) is 18.5 Å². The molecule has 5 heteroatoms. The third-order valence-electron chi connectivity index (χ3n) is 2.98. The van der Waals surface area contributed by atoms with Crippen LogP contribution in [0.15, 0.2) is 30.3 Å². The summed E-state index contributed by atoms with van der Waals surface area (Å²) in [6, 6.07) is 10.0. The monoisotopic (exact) mass is 245 g/mol. The SMILES string of the molecule is Cc1nn(CCc2ccccc2)c(C)c1[N+](=O)[O-]. The molecule has 2 aromatic rings. The molecule has 1 aromatic carbocycles. The van der Waals surface area contributed by atoms with Gasteiger partial charge in [-0.25, -0.2) is 0 Å². The summed E-state index contributed by atoms with van der Waals surface area (Å²) in [5.74, 6) is 0. The van der Waals surface area contributed by atoms with Gasteiger partial charge in [-0.3, -0.25) is 14.8 Å². The van der Waals surface area contributed by atoms with Gasteiger partial charge in [0.05, 0.1) is 4.92 Å². The third kappa shape index (κ3) is 2.40. The van der Waals surface area contributed by atoms with Gasteiger partial charge in [-0.15, -0.1) is 0 Å². The number of hydrogen-bond acceptors (Lipinski definition) is 3. The summed E-state index contributed by atoms with van der Waals surface area (Å²) in [7, 11) is 0. The van der Waals surface area contributed by atoms with Gasteiger partial charge < -0.3 is 0 Å². The van der Waals surface area contributed by atoms with Crippen LogP contribution in [0.1, 0.15) is 17.0 Å². The number of nitrogens with zero attached hydrogens (tertiary/aromatic N) is 3. The van der Waals surface area contributed by atoms with Crippen molar-refractivity contribution in [3.63, 3.8) is 0 Å². The predicted octanol–water partition coefficient (Wildman–Crippen LogP) is 2.65. The van der Waals surface area contributed by atoms with Crippen LogP contribution in [-0.2, 0) is 13.0 Å². The van der Waals surface area contributed by atoms with E-state index in [4.69, 9.17) is 0 Å². The molecular formula is C13H15N3O2. The fourth-order valence-electron chi connectivity index (χ4n) is 2.05. The molecule has 0 fully saturated rings. The lowest BCUT2D eigenvalue weighted by atomic mass is 10.1. The van der Waals surface area contributed by atoms with Gasteiger partial charge in [0.1, 0.15) is 11.4 Å². The molecule has 0 aliphatic rings. The quantitative estimate of drug-likeness (QED) is 0.614. The Morgan fingerprint density at radius 3 is 2.50 bits per heavy atom. The highest BCUT2D eigenvalue weighted by molar-refractivity contribution is 5.39. The maximum Gasteiger partial charge on any atom is 0.312 e. The first-order valence-corrected chi connectivity index (χ1v) is 5.82.